The lowest BCUT2D eigenvalue weighted by molar-refractivity contribution is -0.147. The molecule has 0 bridgehead atoms. The van der Waals surface area contributed by atoms with Gasteiger partial charge in [0.25, 0.3) is 11.8 Å². The minimum Gasteiger partial charge on any atom is -0.456 e. The van der Waals surface area contributed by atoms with Crippen LogP contribution in [-0.2, 0) is 19.1 Å². The Morgan fingerprint density at radius 3 is 2.13 bits per heavy atom. The standard InChI is InChI=1S/C22H25N3O5/c1-15-8-6-9-16(2)21(15)23-19(27)14-30-20(28)13-7-12-18(26)24-25-22(29)17-10-4-3-5-11-17/h3-6,8-11H,7,12-14H2,1-2H3,(H,23,27)(H,24,26)(H,25,29). The summed E-state index contributed by atoms with van der Waals surface area (Å²) in [6, 6.07) is 14.1. The van der Waals surface area contributed by atoms with Gasteiger partial charge < -0.3 is 10.1 Å². The van der Waals surface area contributed by atoms with Crippen LogP contribution in [0.25, 0.3) is 0 Å². The number of amides is 3. The molecule has 0 fully saturated rings. The predicted octanol–water partition coefficient (Wildman–Crippen LogP) is 2.42. The Bertz CT molecular complexity index is 892. The third kappa shape index (κ3) is 7.38. The van der Waals surface area contributed by atoms with Crippen LogP contribution in [0.2, 0.25) is 0 Å². The van der Waals surface area contributed by atoms with E-state index in [0.717, 1.165) is 11.1 Å². The first kappa shape index (κ1) is 22.6. The summed E-state index contributed by atoms with van der Waals surface area (Å²) in [6.07, 6.45) is 0.236. The van der Waals surface area contributed by atoms with E-state index >= 15 is 0 Å². The molecule has 0 aliphatic rings. The fraction of sp³-hybridized carbons (Fsp3) is 0.273. The Kier molecular flexibility index (Phi) is 8.56. The Morgan fingerprint density at radius 2 is 1.47 bits per heavy atom. The minimum absolute atomic E-state index is 0.0171. The van der Waals surface area contributed by atoms with E-state index in [-0.39, 0.29) is 19.3 Å². The molecule has 0 radical (unpaired) electrons. The van der Waals surface area contributed by atoms with Gasteiger partial charge >= 0.3 is 5.97 Å². The number of hydrazine groups is 1. The summed E-state index contributed by atoms with van der Waals surface area (Å²) in [5.74, 6) is -1.87. The SMILES string of the molecule is Cc1cccc(C)c1NC(=O)COC(=O)CCCC(=O)NNC(=O)c1ccccc1. The largest absolute Gasteiger partial charge is 0.456 e. The Labute approximate surface area is 175 Å². The van der Waals surface area contributed by atoms with Gasteiger partial charge in [0, 0.05) is 24.1 Å². The van der Waals surface area contributed by atoms with Crippen molar-refractivity contribution in [3.8, 4) is 0 Å². The van der Waals surface area contributed by atoms with E-state index in [0.29, 0.717) is 11.3 Å². The molecule has 158 valence electrons. The van der Waals surface area contributed by atoms with Crippen LogP contribution < -0.4 is 16.2 Å². The summed E-state index contributed by atoms with van der Waals surface area (Å²) in [4.78, 5) is 47.3. The second-order valence-corrected chi connectivity index (χ2v) is 6.70. The molecular weight excluding hydrogens is 386 g/mol. The molecule has 8 nitrogen and oxygen atoms in total. The molecule has 0 aliphatic heterocycles. The molecule has 8 heteroatoms. The molecule has 0 aliphatic carbocycles. The molecule has 0 saturated heterocycles. The van der Waals surface area contributed by atoms with Gasteiger partial charge in [-0.1, -0.05) is 36.4 Å². The highest BCUT2D eigenvalue weighted by atomic mass is 16.5. The summed E-state index contributed by atoms with van der Waals surface area (Å²) in [5, 5.41) is 2.73. The lowest BCUT2D eigenvalue weighted by Gasteiger charge is -2.11. The number of hydrogen-bond donors (Lipinski definition) is 3. The van der Waals surface area contributed by atoms with Crippen molar-refractivity contribution < 1.29 is 23.9 Å². The first-order valence-electron chi connectivity index (χ1n) is 9.52. The summed E-state index contributed by atoms with van der Waals surface area (Å²) in [6.45, 7) is 3.36. The summed E-state index contributed by atoms with van der Waals surface area (Å²) >= 11 is 0. The molecule has 2 aromatic carbocycles. The highest BCUT2D eigenvalue weighted by molar-refractivity contribution is 5.95. The maximum absolute atomic E-state index is 12.0. The van der Waals surface area contributed by atoms with Gasteiger partial charge in [0.1, 0.15) is 0 Å². The smallest absolute Gasteiger partial charge is 0.306 e. The van der Waals surface area contributed by atoms with Crippen molar-refractivity contribution >= 4 is 29.4 Å². The van der Waals surface area contributed by atoms with Crippen molar-refractivity contribution in [1.29, 1.82) is 0 Å². The van der Waals surface area contributed by atoms with Crippen LogP contribution >= 0.6 is 0 Å². The van der Waals surface area contributed by atoms with E-state index in [9.17, 15) is 19.2 Å². The Hall–Kier alpha value is -3.68. The number of anilines is 1. The van der Waals surface area contributed by atoms with Crippen molar-refractivity contribution in [3.05, 3.63) is 65.2 Å². The summed E-state index contributed by atoms with van der Waals surface area (Å²) in [5.41, 5.74) is 7.54. The van der Waals surface area contributed by atoms with Crippen LogP contribution in [0.1, 0.15) is 40.7 Å². The van der Waals surface area contributed by atoms with Gasteiger partial charge in [-0.15, -0.1) is 0 Å². The van der Waals surface area contributed by atoms with Gasteiger partial charge in [0.05, 0.1) is 0 Å². The highest BCUT2D eigenvalue weighted by Crippen LogP contribution is 2.19. The first-order chi connectivity index (χ1) is 14.4. The van der Waals surface area contributed by atoms with E-state index in [2.05, 4.69) is 16.2 Å². The lowest BCUT2D eigenvalue weighted by Crippen LogP contribution is -2.41. The maximum atomic E-state index is 12.0. The Balaban J connectivity index is 1.62. The van der Waals surface area contributed by atoms with Crippen LogP contribution in [-0.4, -0.2) is 30.3 Å². The van der Waals surface area contributed by atoms with Crippen molar-refractivity contribution in [2.75, 3.05) is 11.9 Å². The number of nitrogens with one attached hydrogen (secondary N) is 3. The number of esters is 1. The van der Waals surface area contributed by atoms with Crippen molar-refractivity contribution in [1.82, 2.24) is 10.9 Å². The van der Waals surface area contributed by atoms with Crippen LogP contribution in [0.5, 0.6) is 0 Å². The van der Waals surface area contributed by atoms with Crippen molar-refractivity contribution in [3.63, 3.8) is 0 Å². The molecule has 2 rings (SSSR count). The summed E-state index contributed by atoms with van der Waals surface area (Å²) in [7, 11) is 0. The fourth-order valence-corrected chi connectivity index (χ4v) is 2.65. The molecule has 3 N–H and O–H groups in total. The van der Waals surface area contributed by atoms with Crippen LogP contribution in [0.3, 0.4) is 0 Å². The zero-order chi connectivity index (χ0) is 21.9. The van der Waals surface area contributed by atoms with Gasteiger partial charge in [0.15, 0.2) is 6.61 Å². The number of benzene rings is 2. The summed E-state index contributed by atoms with van der Waals surface area (Å²) < 4.78 is 4.94. The fourth-order valence-electron chi connectivity index (χ4n) is 2.65. The molecule has 0 heterocycles. The van der Waals surface area contributed by atoms with Crippen molar-refractivity contribution in [2.45, 2.75) is 33.1 Å². The van der Waals surface area contributed by atoms with Crippen LogP contribution in [0.15, 0.2) is 48.5 Å². The number of carbonyl (C=O) groups is 4. The zero-order valence-electron chi connectivity index (χ0n) is 17.0. The van der Waals surface area contributed by atoms with Gasteiger partial charge in [-0.25, -0.2) is 0 Å². The minimum atomic E-state index is -0.576. The zero-order valence-corrected chi connectivity index (χ0v) is 17.0. The molecule has 0 saturated carbocycles. The second kappa shape index (κ2) is 11.4. The van der Waals surface area contributed by atoms with E-state index in [1.165, 1.54) is 0 Å². The van der Waals surface area contributed by atoms with Gasteiger partial charge in [-0.05, 0) is 43.5 Å². The van der Waals surface area contributed by atoms with Gasteiger partial charge in [-0.2, -0.15) is 0 Å². The average Bonchev–Trinajstić information content (AvgIpc) is 2.74. The van der Waals surface area contributed by atoms with Gasteiger partial charge in [0.2, 0.25) is 5.91 Å². The van der Waals surface area contributed by atoms with Gasteiger partial charge in [-0.3, -0.25) is 30.0 Å². The van der Waals surface area contributed by atoms with E-state index < -0.39 is 30.3 Å². The molecule has 30 heavy (non-hydrogen) atoms. The molecular formula is C22H25N3O5. The topological polar surface area (TPSA) is 114 Å². The van der Waals surface area contributed by atoms with Crippen molar-refractivity contribution in [2.24, 2.45) is 0 Å². The second-order valence-electron chi connectivity index (χ2n) is 6.70. The number of aryl methyl sites for hydroxylation is 2. The normalized spacial score (nSPS) is 10.1. The quantitative estimate of drug-likeness (QED) is 0.456. The number of ether oxygens (including phenoxy) is 1. The average molecular weight is 411 g/mol. The first-order valence-corrected chi connectivity index (χ1v) is 9.52. The number of hydrogen-bond acceptors (Lipinski definition) is 5. The monoisotopic (exact) mass is 411 g/mol. The van der Waals surface area contributed by atoms with Crippen LogP contribution in [0.4, 0.5) is 5.69 Å². The Morgan fingerprint density at radius 1 is 0.800 bits per heavy atom. The molecule has 0 atom stereocenters. The van der Waals surface area contributed by atoms with E-state index in [4.69, 9.17) is 4.74 Å². The molecule has 0 aromatic heterocycles. The third-order valence-corrected chi connectivity index (χ3v) is 4.25. The van der Waals surface area contributed by atoms with E-state index in [1.807, 2.05) is 32.0 Å². The predicted molar refractivity (Wildman–Crippen MR) is 111 cm³/mol. The molecule has 2 aromatic rings. The molecule has 3 amide bonds. The van der Waals surface area contributed by atoms with E-state index in [1.54, 1.807) is 30.3 Å². The molecule has 0 spiro atoms. The lowest BCUT2D eigenvalue weighted by atomic mass is 10.1. The third-order valence-electron chi connectivity index (χ3n) is 4.25. The number of para-hydroxylation sites is 1. The highest BCUT2D eigenvalue weighted by Gasteiger charge is 2.12. The number of rotatable bonds is 8. The molecule has 0 unspecified atom stereocenters. The maximum Gasteiger partial charge on any atom is 0.306 e. The van der Waals surface area contributed by atoms with Crippen LogP contribution in [0, 0.1) is 13.8 Å². The number of carbonyl (C=O) groups excluding carboxylic acids is 4.